The molecule has 0 fully saturated rings. The van der Waals surface area contributed by atoms with Crippen molar-refractivity contribution in [2.24, 2.45) is 0 Å². The maximum absolute atomic E-state index is 11.1. The molecule has 1 aromatic heterocycles. The minimum absolute atomic E-state index is 0.0149. The summed E-state index contributed by atoms with van der Waals surface area (Å²) in [7, 11) is 1.89. The Morgan fingerprint density at radius 3 is 3.17 bits per heavy atom. The average molecular weight is 167 g/mol. The van der Waals surface area contributed by atoms with E-state index in [9.17, 15) is 4.79 Å². The van der Waals surface area contributed by atoms with Crippen LogP contribution in [0.3, 0.4) is 0 Å². The van der Waals surface area contributed by atoms with E-state index in [4.69, 9.17) is 0 Å². The lowest BCUT2D eigenvalue weighted by Gasteiger charge is -2.02. The van der Waals surface area contributed by atoms with E-state index >= 15 is 0 Å². The lowest BCUT2D eigenvalue weighted by Crippen LogP contribution is -2.21. The van der Waals surface area contributed by atoms with Gasteiger partial charge in [-0.15, -0.1) is 0 Å². The number of rotatable bonds is 4. The van der Waals surface area contributed by atoms with Gasteiger partial charge in [-0.3, -0.25) is 9.36 Å². The fourth-order valence-electron chi connectivity index (χ4n) is 0.973. The third-order valence-corrected chi connectivity index (χ3v) is 1.62. The minimum Gasteiger partial charge on any atom is -0.320 e. The SMILES string of the molecule is CNCCCn1cnccc1=O. The Morgan fingerprint density at radius 1 is 1.67 bits per heavy atom. The number of nitrogens with zero attached hydrogens (tertiary/aromatic N) is 2. The molecule has 0 bridgehead atoms. The van der Waals surface area contributed by atoms with Crippen molar-refractivity contribution >= 4 is 0 Å². The summed E-state index contributed by atoms with van der Waals surface area (Å²) in [6, 6.07) is 1.47. The summed E-state index contributed by atoms with van der Waals surface area (Å²) in [5.41, 5.74) is 0.0149. The number of hydrogen-bond acceptors (Lipinski definition) is 3. The van der Waals surface area contributed by atoms with E-state index in [2.05, 4.69) is 10.3 Å². The van der Waals surface area contributed by atoms with Gasteiger partial charge in [0.25, 0.3) is 5.56 Å². The zero-order valence-corrected chi connectivity index (χ0v) is 7.16. The highest BCUT2D eigenvalue weighted by Crippen LogP contribution is 1.82. The first-order valence-corrected chi connectivity index (χ1v) is 3.99. The Morgan fingerprint density at radius 2 is 2.50 bits per heavy atom. The molecule has 4 heteroatoms. The molecule has 0 amide bonds. The van der Waals surface area contributed by atoms with Crippen molar-refractivity contribution in [1.29, 1.82) is 0 Å². The lowest BCUT2D eigenvalue weighted by atomic mass is 10.4. The lowest BCUT2D eigenvalue weighted by molar-refractivity contribution is 0.589. The van der Waals surface area contributed by atoms with Gasteiger partial charge in [0.15, 0.2) is 0 Å². The first kappa shape index (κ1) is 8.93. The first-order chi connectivity index (χ1) is 5.84. The molecule has 0 aliphatic carbocycles. The molecular formula is C8H13N3O. The zero-order valence-electron chi connectivity index (χ0n) is 7.16. The van der Waals surface area contributed by atoms with Crippen LogP contribution in [0.4, 0.5) is 0 Å². The molecule has 0 aliphatic rings. The zero-order chi connectivity index (χ0) is 8.81. The standard InChI is InChI=1S/C8H13N3O/c1-9-4-2-6-11-7-10-5-3-8(11)12/h3,5,7,9H,2,4,6H2,1H3. The summed E-state index contributed by atoms with van der Waals surface area (Å²) in [5, 5.41) is 3.02. The molecule has 0 unspecified atom stereocenters. The van der Waals surface area contributed by atoms with Crippen LogP contribution in [0.25, 0.3) is 0 Å². The summed E-state index contributed by atoms with van der Waals surface area (Å²) >= 11 is 0. The van der Waals surface area contributed by atoms with E-state index in [0.29, 0.717) is 0 Å². The summed E-state index contributed by atoms with van der Waals surface area (Å²) in [5.74, 6) is 0. The van der Waals surface area contributed by atoms with Gasteiger partial charge >= 0.3 is 0 Å². The summed E-state index contributed by atoms with van der Waals surface area (Å²) in [4.78, 5) is 15.0. The van der Waals surface area contributed by atoms with Crippen LogP contribution in [-0.2, 0) is 6.54 Å². The van der Waals surface area contributed by atoms with Gasteiger partial charge in [0, 0.05) is 18.8 Å². The molecule has 1 heterocycles. The Balaban J connectivity index is 2.52. The molecule has 66 valence electrons. The minimum atomic E-state index is 0.0149. The van der Waals surface area contributed by atoms with Crippen LogP contribution in [0.5, 0.6) is 0 Å². The van der Waals surface area contributed by atoms with Gasteiger partial charge in [0.05, 0.1) is 6.33 Å². The summed E-state index contributed by atoms with van der Waals surface area (Å²) in [6.07, 6.45) is 4.02. The Labute approximate surface area is 71.3 Å². The highest BCUT2D eigenvalue weighted by atomic mass is 16.1. The van der Waals surface area contributed by atoms with Crippen molar-refractivity contribution in [2.45, 2.75) is 13.0 Å². The predicted molar refractivity (Wildman–Crippen MR) is 47.0 cm³/mol. The van der Waals surface area contributed by atoms with E-state index in [-0.39, 0.29) is 5.56 Å². The second-order valence-electron chi connectivity index (χ2n) is 2.57. The van der Waals surface area contributed by atoms with Gasteiger partial charge in [0.2, 0.25) is 0 Å². The van der Waals surface area contributed by atoms with Crippen LogP contribution >= 0.6 is 0 Å². The van der Waals surface area contributed by atoms with E-state index < -0.39 is 0 Å². The monoisotopic (exact) mass is 167 g/mol. The molecule has 0 atom stereocenters. The summed E-state index contributed by atoms with van der Waals surface area (Å²) in [6.45, 7) is 1.65. The largest absolute Gasteiger partial charge is 0.320 e. The van der Waals surface area contributed by atoms with Gasteiger partial charge in [-0.05, 0) is 20.0 Å². The third-order valence-electron chi connectivity index (χ3n) is 1.62. The van der Waals surface area contributed by atoms with E-state index in [1.807, 2.05) is 7.05 Å². The van der Waals surface area contributed by atoms with Gasteiger partial charge in [-0.25, -0.2) is 4.98 Å². The van der Waals surface area contributed by atoms with Crippen molar-refractivity contribution < 1.29 is 0 Å². The van der Waals surface area contributed by atoms with Crippen molar-refractivity contribution in [1.82, 2.24) is 14.9 Å². The number of nitrogens with one attached hydrogen (secondary N) is 1. The normalized spacial score (nSPS) is 10.1. The molecule has 0 radical (unpaired) electrons. The molecule has 1 rings (SSSR count). The third kappa shape index (κ3) is 2.47. The van der Waals surface area contributed by atoms with Crippen LogP contribution in [0.1, 0.15) is 6.42 Å². The maximum Gasteiger partial charge on any atom is 0.253 e. The Kier molecular flexibility index (Phi) is 3.47. The molecule has 0 aromatic carbocycles. The van der Waals surface area contributed by atoms with Crippen LogP contribution in [0.2, 0.25) is 0 Å². The van der Waals surface area contributed by atoms with Crippen molar-refractivity contribution in [2.75, 3.05) is 13.6 Å². The molecule has 0 aliphatic heterocycles. The van der Waals surface area contributed by atoms with Crippen molar-refractivity contribution in [3.05, 3.63) is 28.9 Å². The van der Waals surface area contributed by atoms with Gasteiger partial charge < -0.3 is 5.32 Å². The first-order valence-electron chi connectivity index (χ1n) is 3.99. The molecule has 12 heavy (non-hydrogen) atoms. The van der Waals surface area contributed by atoms with Crippen molar-refractivity contribution in [3.8, 4) is 0 Å². The fourth-order valence-corrected chi connectivity index (χ4v) is 0.973. The average Bonchev–Trinajstić information content (AvgIpc) is 2.09. The van der Waals surface area contributed by atoms with Crippen LogP contribution in [0, 0.1) is 0 Å². The Bertz CT molecular complexity index is 282. The fraction of sp³-hybridized carbons (Fsp3) is 0.500. The highest BCUT2D eigenvalue weighted by molar-refractivity contribution is 4.81. The quantitative estimate of drug-likeness (QED) is 0.634. The van der Waals surface area contributed by atoms with Gasteiger partial charge in [0.1, 0.15) is 0 Å². The van der Waals surface area contributed by atoms with Crippen LogP contribution in [0.15, 0.2) is 23.4 Å². The van der Waals surface area contributed by atoms with Crippen LogP contribution < -0.4 is 10.9 Å². The number of aromatic nitrogens is 2. The Hall–Kier alpha value is -1.16. The predicted octanol–water partition coefficient (Wildman–Crippen LogP) is -0.147. The van der Waals surface area contributed by atoms with E-state index in [0.717, 1.165) is 19.5 Å². The molecule has 0 saturated heterocycles. The molecule has 1 N–H and O–H groups in total. The molecular weight excluding hydrogens is 154 g/mol. The van der Waals surface area contributed by atoms with E-state index in [1.54, 1.807) is 10.9 Å². The topological polar surface area (TPSA) is 46.9 Å². The second kappa shape index (κ2) is 4.66. The second-order valence-corrected chi connectivity index (χ2v) is 2.57. The van der Waals surface area contributed by atoms with Gasteiger partial charge in [-0.1, -0.05) is 0 Å². The van der Waals surface area contributed by atoms with E-state index in [1.165, 1.54) is 12.3 Å². The smallest absolute Gasteiger partial charge is 0.253 e. The molecule has 4 nitrogen and oxygen atoms in total. The molecule has 1 aromatic rings. The molecule has 0 spiro atoms. The number of aryl methyl sites for hydroxylation is 1. The molecule has 0 saturated carbocycles. The van der Waals surface area contributed by atoms with Crippen LogP contribution in [-0.4, -0.2) is 23.1 Å². The number of hydrogen-bond donors (Lipinski definition) is 1. The summed E-state index contributed by atoms with van der Waals surface area (Å²) < 4.78 is 1.61. The highest BCUT2D eigenvalue weighted by Gasteiger charge is 1.92. The van der Waals surface area contributed by atoms with Gasteiger partial charge in [-0.2, -0.15) is 0 Å². The maximum atomic E-state index is 11.1. The van der Waals surface area contributed by atoms with Crippen molar-refractivity contribution in [3.63, 3.8) is 0 Å².